The van der Waals surface area contributed by atoms with Crippen LogP contribution in [0.4, 0.5) is 4.39 Å². The van der Waals surface area contributed by atoms with E-state index in [4.69, 9.17) is 15.0 Å². The summed E-state index contributed by atoms with van der Waals surface area (Å²) >= 11 is 0.969. The van der Waals surface area contributed by atoms with E-state index in [9.17, 15) is 9.18 Å². The van der Waals surface area contributed by atoms with Crippen LogP contribution in [0.15, 0.2) is 23.3 Å². The number of pyridine rings is 1. The van der Waals surface area contributed by atoms with Crippen LogP contribution in [0.25, 0.3) is 21.0 Å². The molecule has 28 heavy (non-hydrogen) atoms. The lowest BCUT2D eigenvalue weighted by atomic mass is 9.87. The normalized spacial score (nSPS) is 19.0. The topological polar surface area (TPSA) is 97.2 Å². The van der Waals surface area contributed by atoms with Gasteiger partial charge in [0.25, 0.3) is 0 Å². The average Bonchev–Trinajstić information content (AvgIpc) is 3.08. The van der Waals surface area contributed by atoms with Crippen LogP contribution in [0.2, 0.25) is 0 Å². The third kappa shape index (κ3) is 4.61. The van der Waals surface area contributed by atoms with Crippen molar-refractivity contribution in [3.05, 3.63) is 45.0 Å². The molecule has 1 aliphatic carbocycles. The molecule has 2 aromatic rings. The van der Waals surface area contributed by atoms with E-state index in [0.717, 1.165) is 30.6 Å². The maximum absolute atomic E-state index is 13.7. The van der Waals surface area contributed by atoms with E-state index >= 15 is 0 Å². The maximum Gasteiger partial charge on any atom is 0.308 e. The summed E-state index contributed by atoms with van der Waals surface area (Å²) < 4.78 is 24.7. The molecule has 1 fully saturated rings. The monoisotopic (exact) mass is 404 g/mol. The SMILES string of the molecule is COC(=O)[C@H]1CCC[C@H](Oc2ccc(-c3sc(F)cc3CN=[N+]=[N-])nc2C)C1. The van der Waals surface area contributed by atoms with E-state index in [1.54, 1.807) is 6.07 Å². The lowest BCUT2D eigenvalue weighted by molar-refractivity contribution is -0.147. The van der Waals surface area contributed by atoms with Gasteiger partial charge >= 0.3 is 5.97 Å². The molecule has 0 spiro atoms. The first-order chi connectivity index (χ1) is 13.5. The summed E-state index contributed by atoms with van der Waals surface area (Å²) in [6.45, 7) is 1.90. The smallest absolute Gasteiger partial charge is 0.308 e. The molecule has 3 rings (SSSR count). The maximum atomic E-state index is 13.7. The van der Waals surface area contributed by atoms with Crippen LogP contribution in [0.3, 0.4) is 0 Å². The van der Waals surface area contributed by atoms with Gasteiger partial charge in [0.15, 0.2) is 5.13 Å². The quantitative estimate of drug-likeness (QED) is 0.287. The van der Waals surface area contributed by atoms with Crippen molar-refractivity contribution in [1.82, 2.24) is 4.98 Å². The van der Waals surface area contributed by atoms with Gasteiger partial charge in [0.1, 0.15) is 5.75 Å². The second-order valence-corrected chi connectivity index (χ2v) is 7.70. The Labute approximate surface area is 166 Å². The van der Waals surface area contributed by atoms with Gasteiger partial charge in [0.05, 0.1) is 41.9 Å². The number of aryl methyl sites for hydroxylation is 1. The van der Waals surface area contributed by atoms with Crippen LogP contribution < -0.4 is 4.74 Å². The van der Waals surface area contributed by atoms with Crippen LogP contribution in [-0.4, -0.2) is 24.2 Å². The number of halogens is 1. The predicted molar refractivity (Wildman–Crippen MR) is 103 cm³/mol. The largest absolute Gasteiger partial charge is 0.489 e. The van der Waals surface area contributed by atoms with Gasteiger partial charge in [-0.1, -0.05) is 5.11 Å². The van der Waals surface area contributed by atoms with Gasteiger partial charge in [0, 0.05) is 4.91 Å². The molecule has 0 bridgehead atoms. The van der Waals surface area contributed by atoms with Crippen LogP contribution in [-0.2, 0) is 16.1 Å². The van der Waals surface area contributed by atoms with Crippen molar-refractivity contribution in [2.24, 2.45) is 11.0 Å². The predicted octanol–water partition coefficient (Wildman–Crippen LogP) is 5.18. The Bertz CT molecular complexity index is 911. The van der Waals surface area contributed by atoms with Crippen molar-refractivity contribution in [3.63, 3.8) is 0 Å². The van der Waals surface area contributed by atoms with Gasteiger partial charge in [0.2, 0.25) is 0 Å². The molecule has 2 heterocycles. The van der Waals surface area contributed by atoms with Gasteiger partial charge < -0.3 is 9.47 Å². The third-order valence-electron chi connectivity index (χ3n) is 4.81. The highest BCUT2D eigenvalue weighted by Crippen LogP contribution is 2.34. The number of rotatable bonds is 6. The summed E-state index contributed by atoms with van der Waals surface area (Å²) in [5.41, 5.74) is 10.4. The molecule has 0 saturated heterocycles. The number of aromatic nitrogens is 1. The highest BCUT2D eigenvalue weighted by Gasteiger charge is 2.29. The van der Waals surface area contributed by atoms with E-state index in [2.05, 4.69) is 15.0 Å². The fourth-order valence-electron chi connectivity index (χ4n) is 3.45. The van der Waals surface area contributed by atoms with Crippen LogP contribution in [0.1, 0.15) is 36.9 Å². The standard InChI is InChI=1S/C19H21FN4O3S/c1-11-16(27-14-5-3-4-12(8-14)19(25)26-2)7-6-15(23-11)18-13(10-22-24-21)9-17(20)28-18/h6-7,9,12,14H,3-5,8,10H2,1-2H3/t12-,14-/m0/s1. The lowest BCUT2D eigenvalue weighted by Gasteiger charge is -2.28. The van der Waals surface area contributed by atoms with Crippen molar-refractivity contribution in [2.45, 2.75) is 45.3 Å². The number of carbonyl (C=O) groups is 1. The van der Waals surface area contributed by atoms with Crippen molar-refractivity contribution in [3.8, 4) is 16.3 Å². The van der Waals surface area contributed by atoms with E-state index in [-0.39, 0.29) is 29.7 Å². The van der Waals surface area contributed by atoms with Gasteiger partial charge in [-0.05, 0) is 61.9 Å². The van der Waals surface area contributed by atoms with E-state index in [0.29, 0.717) is 34.0 Å². The van der Waals surface area contributed by atoms with E-state index < -0.39 is 0 Å². The number of methoxy groups -OCH3 is 1. The number of thiophene rings is 1. The van der Waals surface area contributed by atoms with Crippen molar-refractivity contribution in [1.29, 1.82) is 0 Å². The van der Waals surface area contributed by atoms with E-state index in [1.807, 2.05) is 13.0 Å². The minimum atomic E-state index is -0.353. The third-order valence-corrected chi connectivity index (χ3v) is 5.80. The van der Waals surface area contributed by atoms with Crippen molar-refractivity contribution >= 4 is 17.3 Å². The molecule has 148 valence electrons. The first kappa shape index (κ1) is 20.1. The second-order valence-electron chi connectivity index (χ2n) is 6.70. The van der Waals surface area contributed by atoms with Crippen LogP contribution in [0, 0.1) is 18.0 Å². The zero-order valence-electron chi connectivity index (χ0n) is 15.7. The molecule has 0 N–H and O–H groups in total. The first-order valence-electron chi connectivity index (χ1n) is 9.03. The first-order valence-corrected chi connectivity index (χ1v) is 9.85. The van der Waals surface area contributed by atoms with Gasteiger partial charge in [-0.15, -0.1) is 11.3 Å². The summed E-state index contributed by atoms with van der Waals surface area (Å²) in [6, 6.07) is 4.95. The molecule has 1 saturated carbocycles. The Balaban J connectivity index is 1.76. The summed E-state index contributed by atoms with van der Waals surface area (Å²) in [4.78, 5) is 19.7. The zero-order chi connectivity index (χ0) is 20.1. The fourth-order valence-corrected chi connectivity index (χ4v) is 4.32. The molecule has 0 aromatic carbocycles. The molecule has 0 aliphatic heterocycles. The Morgan fingerprint density at radius 2 is 2.29 bits per heavy atom. The lowest BCUT2D eigenvalue weighted by Crippen LogP contribution is -2.30. The molecule has 2 atom stereocenters. The number of nitrogens with zero attached hydrogens (tertiary/aromatic N) is 4. The molecular formula is C19H21FN4O3S. The zero-order valence-corrected chi connectivity index (χ0v) is 16.5. The Kier molecular flexibility index (Phi) is 6.49. The number of carbonyl (C=O) groups excluding carboxylic acids is 1. The number of hydrogen-bond acceptors (Lipinski definition) is 6. The number of hydrogen-bond donors (Lipinski definition) is 0. The molecule has 9 heteroatoms. The minimum Gasteiger partial charge on any atom is -0.489 e. The average molecular weight is 404 g/mol. The Morgan fingerprint density at radius 1 is 1.46 bits per heavy atom. The minimum absolute atomic E-state index is 0.0658. The summed E-state index contributed by atoms with van der Waals surface area (Å²) in [6.07, 6.45) is 3.16. The van der Waals surface area contributed by atoms with Gasteiger partial charge in [-0.25, -0.2) is 4.98 Å². The fraction of sp³-hybridized carbons (Fsp3) is 0.474. The summed E-state index contributed by atoms with van der Waals surface area (Å²) in [5, 5.41) is 3.16. The number of azide groups is 1. The molecule has 1 aliphatic rings. The van der Waals surface area contributed by atoms with Crippen molar-refractivity contribution < 1.29 is 18.7 Å². The molecule has 7 nitrogen and oxygen atoms in total. The van der Waals surface area contributed by atoms with Gasteiger partial charge in [-0.2, -0.15) is 4.39 Å². The van der Waals surface area contributed by atoms with E-state index in [1.165, 1.54) is 13.2 Å². The number of esters is 1. The van der Waals surface area contributed by atoms with Crippen LogP contribution >= 0.6 is 11.3 Å². The Morgan fingerprint density at radius 3 is 3.00 bits per heavy atom. The Hall–Kier alpha value is -2.64. The molecule has 2 aromatic heterocycles. The summed E-state index contributed by atoms with van der Waals surface area (Å²) in [7, 11) is 1.41. The summed E-state index contributed by atoms with van der Waals surface area (Å²) in [5.74, 6) is 0.326. The number of ether oxygens (including phenoxy) is 2. The highest BCUT2D eigenvalue weighted by molar-refractivity contribution is 7.14. The van der Waals surface area contributed by atoms with Crippen molar-refractivity contribution in [2.75, 3.05) is 7.11 Å². The molecule has 0 amide bonds. The second kappa shape index (κ2) is 9.03. The highest BCUT2D eigenvalue weighted by atomic mass is 32.1. The van der Waals surface area contributed by atoms with Gasteiger partial charge in [-0.3, -0.25) is 4.79 Å². The van der Waals surface area contributed by atoms with Crippen LogP contribution in [0.5, 0.6) is 5.75 Å². The molecular weight excluding hydrogens is 383 g/mol. The molecule has 0 radical (unpaired) electrons. The molecule has 0 unspecified atom stereocenters.